The fourth-order valence-electron chi connectivity index (χ4n) is 3.82. The Morgan fingerprint density at radius 3 is 2.83 bits per heavy atom. The molecule has 3 atom stereocenters. The van der Waals surface area contributed by atoms with Crippen LogP contribution >= 0.6 is 0 Å². The minimum absolute atomic E-state index is 0.0225. The quantitative estimate of drug-likeness (QED) is 0.685. The molecule has 1 aromatic heterocycles. The molecule has 1 heterocycles. The van der Waals surface area contributed by atoms with Crippen LogP contribution in [0.1, 0.15) is 44.6 Å². The Hall–Kier alpha value is -1.28. The second-order valence-electron chi connectivity index (χ2n) is 5.92. The average Bonchev–Trinajstić information content (AvgIpc) is 2.90. The van der Waals surface area contributed by atoms with Gasteiger partial charge < -0.3 is 9.15 Å². The van der Waals surface area contributed by atoms with Crippen LogP contribution in [0.25, 0.3) is 5.57 Å². The summed E-state index contributed by atoms with van der Waals surface area (Å²) in [5.41, 5.74) is 3.64. The Labute approximate surface area is 108 Å². The minimum atomic E-state index is -0.0658. The molecule has 0 aromatic carbocycles. The highest BCUT2D eigenvalue weighted by atomic mass is 16.5. The molecule has 1 aromatic rings. The van der Waals surface area contributed by atoms with E-state index < -0.39 is 0 Å². The van der Waals surface area contributed by atoms with Crippen molar-refractivity contribution in [3.63, 3.8) is 0 Å². The molecule has 2 aliphatic rings. The van der Waals surface area contributed by atoms with Crippen LogP contribution in [0.15, 0.2) is 35.0 Å². The van der Waals surface area contributed by atoms with Crippen LogP contribution in [-0.2, 0) is 4.74 Å². The minimum Gasteiger partial charge on any atom is -0.466 e. The van der Waals surface area contributed by atoms with E-state index in [2.05, 4.69) is 33.4 Å². The van der Waals surface area contributed by atoms with Crippen molar-refractivity contribution in [3.05, 3.63) is 41.9 Å². The molecule has 0 amide bonds. The van der Waals surface area contributed by atoms with Crippen molar-refractivity contribution in [2.45, 2.75) is 33.3 Å². The molecular formula is C16H20O2. The summed E-state index contributed by atoms with van der Waals surface area (Å²) in [4.78, 5) is 0. The van der Waals surface area contributed by atoms with Gasteiger partial charge in [0.05, 0.1) is 6.26 Å². The largest absolute Gasteiger partial charge is 0.466 e. The Balaban J connectivity index is 2.30. The molecule has 0 aliphatic heterocycles. The number of methoxy groups -OCH3 is 1. The molecular weight excluding hydrogens is 224 g/mol. The number of rotatable bonds is 1. The van der Waals surface area contributed by atoms with E-state index in [1.54, 1.807) is 13.4 Å². The molecule has 0 bridgehead atoms. The van der Waals surface area contributed by atoms with Crippen molar-refractivity contribution in [2.24, 2.45) is 10.8 Å². The van der Waals surface area contributed by atoms with Crippen molar-refractivity contribution < 1.29 is 9.15 Å². The zero-order valence-corrected chi connectivity index (χ0v) is 11.5. The van der Waals surface area contributed by atoms with Gasteiger partial charge in [-0.1, -0.05) is 32.1 Å². The zero-order valence-electron chi connectivity index (χ0n) is 11.5. The van der Waals surface area contributed by atoms with E-state index in [4.69, 9.17) is 9.15 Å². The number of hydrogen-bond donors (Lipinski definition) is 0. The third-order valence-electron chi connectivity index (χ3n) is 5.47. The molecule has 96 valence electrons. The average molecular weight is 244 g/mol. The van der Waals surface area contributed by atoms with E-state index in [-0.39, 0.29) is 16.9 Å². The molecule has 0 unspecified atom stereocenters. The molecule has 0 radical (unpaired) electrons. The van der Waals surface area contributed by atoms with Crippen LogP contribution in [0.4, 0.5) is 0 Å². The van der Waals surface area contributed by atoms with Gasteiger partial charge in [-0.15, -0.1) is 0 Å². The van der Waals surface area contributed by atoms with Crippen LogP contribution in [0.5, 0.6) is 0 Å². The monoisotopic (exact) mass is 244 g/mol. The maximum Gasteiger partial charge on any atom is 0.140 e. The van der Waals surface area contributed by atoms with Crippen molar-refractivity contribution in [1.29, 1.82) is 0 Å². The van der Waals surface area contributed by atoms with Gasteiger partial charge in [-0.3, -0.25) is 0 Å². The summed E-state index contributed by atoms with van der Waals surface area (Å²) >= 11 is 0. The van der Waals surface area contributed by atoms with Crippen LogP contribution in [0, 0.1) is 10.8 Å². The molecule has 2 nitrogen and oxygen atoms in total. The Morgan fingerprint density at radius 1 is 1.44 bits per heavy atom. The first-order valence-corrected chi connectivity index (χ1v) is 6.44. The van der Waals surface area contributed by atoms with E-state index in [0.717, 1.165) is 17.7 Å². The topological polar surface area (TPSA) is 22.4 Å². The first-order chi connectivity index (χ1) is 8.46. The first-order valence-electron chi connectivity index (χ1n) is 6.44. The van der Waals surface area contributed by atoms with Crippen LogP contribution in [0.3, 0.4) is 0 Å². The molecule has 0 spiro atoms. The van der Waals surface area contributed by atoms with Crippen molar-refractivity contribution in [1.82, 2.24) is 0 Å². The first kappa shape index (κ1) is 11.8. The van der Waals surface area contributed by atoms with Crippen LogP contribution in [-0.4, -0.2) is 7.11 Å². The SMILES string of the molecule is C=C1c2ccoc2[C@@H](OC)[C@@]2(C)C(C)=CC[C@@]12C. The van der Waals surface area contributed by atoms with E-state index >= 15 is 0 Å². The Bertz CT molecular complexity index is 551. The number of hydrogen-bond acceptors (Lipinski definition) is 2. The number of ether oxygens (including phenoxy) is 1. The summed E-state index contributed by atoms with van der Waals surface area (Å²) in [6, 6.07) is 2.02. The van der Waals surface area contributed by atoms with E-state index in [1.165, 1.54) is 11.1 Å². The molecule has 2 heteroatoms. The van der Waals surface area contributed by atoms with Crippen molar-refractivity contribution in [3.8, 4) is 0 Å². The van der Waals surface area contributed by atoms with Gasteiger partial charge >= 0.3 is 0 Å². The Morgan fingerprint density at radius 2 is 2.17 bits per heavy atom. The summed E-state index contributed by atoms with van der Waals surface area (Å²) in [5.74, 6) is 0.928. The smallest absolute Gasteiger partial charge is 0.140 e. The second-order valence-corrected chi connectivity index (χ2v) is 5.92. The van der Waals surface area contributed by atoms with Gasteiger partial charge in [0.2, 0.25) is 0 Å². The van der Waals surface area contributed by atoms with E-state index in [9.17, 15) is 0 Å². The lowest BCUT2D eigenvalue weighted by Crippen LogP contribution is -2.44. The molecule has 0 saturated carbocycles. The van der Waals surface area contributed by atoms with Gasteiger partial charge in [-0.05, 0) is 25.0 Å². The highest BCUT2D eigenvalue weighted by molar-refractivity contribution is 5.75. The standard InChI is InChI=1S/C16H20O2/c1-10-6-8-15(3)11(2)12-7-9-18-13(12)14(17-5)16(10,15)4/h6-7,9,14H,2,8H2,1,3-5H3/t14-,15+,16-/m1/s1. The molecule has 0 N–H and O–H groups in total. The highest BCUT2D eigenvalue weighted by Gasteiger charge is 2.60. The van der Waals surface area contributed by atoms with Crippen molar-refractivity contribution in [2.75, 3.05) is 7.11 Å². The summed E-state index contributed by atoms with van der Waals surface area (Å²) in [7, 11) is 1.77. The van der Waals surface area contributed by atoms with Crippen LogP contribution < -0.4 is 0 Å². The maximum absolute atomic E-state index is 5.80. The molecule has 18 heavy (non-hydrogen) atoms. The maximum atomic E-state index is 5.80. The number of fused-ring (bicyclic) bond motifs is 2. The van der Waals surface area contributed by atoms with Gasteiger partial charge in [0.25, 0.3) is 0 Å². The Kier molecular flexibility index (Phi) is 2.22. The van der Waals surface area contributed by atoms with Gasteiger partial charge in [0.1, 0.15) is 11.9 Å². The molecule has 0 fully saturated rings. The number of allylic oxidation sites excluding steroid dienone is 2. The predicted octanol–water partition coefficient (Wildman–Crippen LogP) is 4.36. The normalized spacial score (nSPS) is 38.3. The molecule has 0 saturated heterocycles. The van der Waals surface area contributed by atoms with Gasteiger partial charge in [0.15, 0.2) is 0 Å². The van der Waals surface area contributed by atoms with Crippen LogP contribution in [0.2, 0.25) is 0 Å². The fourth-order valence-corrected chi connectivity index (χ4v) is 3.82. The summed E-state index contributed by atoms with van der Waals surface area (Å²) in [6.45, 7) is 11.1. The lowest BCUT2D eigenvalue weighted by molar-refractivity contribution is -0.0457. The lowest BCUT2D eigenvalue weighted by Gasteiger charge is -2.51. The fraction of sp³-hybridized carbons (Fsp3) is 0.500. The lowest BCUT2D eigenvalue weighted by atomic mass is 9.54. The van der Waals surface area contributed by atoms with Crippen molar-refractivity contribution >= 4 is 5.57 Å². The summed E-state index contributed by atoms with van der Waals surface area (Å²) in [5, 5.41) is 0. The zero-order chi connectivity index (χ0) is 13.1. The third-order valence-corrected chi connectivity index (χ3v) is 5.47. The third kappa shape index (κ3) is 1.04. The molecule has 2 aliphatic carbocycles. The number of furan rings is 1. The second kappa shape index (κ2) is 3.39. The highest BCUT2D eigenvalue weighted by Crippen LogP contribution is 2.68. The predicted molar refractivity (Wildman–Crippen MR) is 72.1 cm³/mol. The van der Waals surface area contributed by atoms with E-state index in [1.807, 2.05) is 6.07 Å². The summed E-state index contributed by atoms with van der Waals surface area (Å²) in [6.07, 6.45) is 5.06. The van der Waals surface area contributed by atoms with Gasteiger partial charge in [0, 0.05) is 23.5 Å². The molecule has 3 rings (SSSR count). The van der Waals surface area contributed by atoms with E-state index in [0.29, 0.717) is 0 Å². The van der Waals surface area contributed by atoms with Gasteiger partial charge in [-0.2, -0.15) is 0 Å². The van der Waals surface area contributed by atoms with Gasteiger partial charge in [-0.25, -0.2) is 0 Å². The summed E-state index contributed by atoms with van der Waals surface area (Å²) < 4.78 is 11.5.